The molecule has 1 aliphatic rings. The van der Waals surface area contributed by atoms with E-state index in [1.807, 2.05) is 42.5 Å². The first-order valence-corrected chi connectivity index (χ1v) is 13.5. The lowest BCUT2D eigenvalue weighted by atomic mass is 10.1. The van der Waals surface area contributed by atoms with E-state index in [1.165, 1.54) is 13.4 Å². The standard InChI is InChI=1S/C27H29NO6S/c1-32-26-19-22(11-14-24(26)33-17-6-18-35(2,30)31)28-16-15-25(27(28)29)34-23-12-9-21(10-13-23)20-7-4-3-5-8-20/h3-5,7-14,19,25H,6,15-18H2,1-2H3. The van der Waals surface area contributed by atoms with E-state index < -0.39 is 15.9 Å². The molecule has 184 valence electrons. The van der Waals surface area contributed by atoms with Gasteiger partial charge in [-0.3, -0.25) is 4.79 Å². The quantitative estimate of drug-likeness (QED) is 0.389. The third-order valence-electron chi connectivity index (χ3n) is 5.77. The number of hydrogen-bond acceptors (Lipinski definition) is 6. The molecular formula is C27H29NO6S. The summed E-state index contributed by atoms with van der Waals surface area (Å²) in [6.07, 6.45) is 1.60. The summed E-state index contributed by atoms with van der Waals surface area (Å²) in [6.45, 7) is 0.785. The molecule has 0 N–H and O–H groups in total. The van der Waals surface area contributed by atoms with Gasteiger partial charge in [-0.15, -0.1) is 0 Å². The van der Waals surface area contributed by atoms with E-state index in [0.717, 1.165) is 11.1 Å². The van der Waals surface area contributed by atoms with E-state index in [4.69, 9.17) is 14.2 Å². The van der Waals surface area contributed by atoms with Crippen LogP contribution in [0.4, 0.5) is 5.69 Å². The van der Waals surface area contributed by atoms with Gasteiger partial charge in [-0.05, 0) is 41.8 Å². The monoisotopic (exact) mass is 495 g/mol. The lowest BCUT2D eigenvalue weighted by molar-refractivity contribution is -0.122. The molecule has 35 heavy (non-hydrogen) atoms. The molecule has 0 spiro atoms. The maximum Gasteiger partial charge on any atom is 0.268 e. The minimum absolute atomic E-state index is 0.0616. The summed E-state index contributed by atoms with van der Waals surface area (Å²) < 4.78 is 39.7. The zero-order chi connectivity index (χ0) is 24.8. The summed E-state index contributed by atoms with van der Waals surface area (Å²) in [5.41, 5.74) is 2.91. The highest BCUT2D eigenvalue weighted by Crippen LogP contribution is 2.34. The first-order valence-electron chi connectivity index (χ1n) is 11.5. The van der Waals surface area contributed by atoms with Crippen LogP contribution in [0.25, 0.3) is 11.1 Å². The van der Waals surface area contributed by atoms with Crippen molar-refractivity contribution in [3.8, 4) is 28.4 Å². The zero-order valence-electron chi connectivity index (χ0n) is 19.8. The Morgan fingerprint density at radius 3 is 2.34 bits per heavy atom. The lowest BCUT2D eigenvalue weighted by Crippen LogP contribution is -2.32. The molecule has 4 rings (SSSR count). The van der Waals surface area contributed by atoms with Crippen molar-refractivity contribution in [3.05, 3.63) is 72.8 Å². The Labute approximate surface area is 206 Å². The molecular weight excluding hydrogens is 466 g/mol. The van der Waals surface area contributed by atoms with Crippen LogP contribution in [0.2, 0.25) is 0 Å². The predicted octanol–water partition coefficient (Wildman–Crippen LogP) is 4.36. The third kappa shape index (κ3) is 6.33. The van der Waals surface area contributed by atoms with E-state index in [-0.39, 0.29) is 18.3 Å². The van der Waals surface area contributed by atoms with Crippen molar-refractivity contribution >= 4 is 21.4 Å². The largest absolute Gasteiger partial charge is 0.493 e. The Morgan fingerprint density at radius 2 is 1.66 bits per heavy atom. The van der Waals surface area contributed by atoms with Crippen LogP contribution in [0.15, 0.2) is 72.8 Å². The van der Waals surface area contributed by atoms with Gasteiger partial charge in [-0.25, -0.2) is 8.42 Å². The molecule has 0 aliphatic carbocycles. The average molecular weight is 496 g/mol. The lowest BCUT2D eigenvalue weighted by Gasteiger charge is -2.19. The van der Waals surface area contributed by atoms with E-state index in [9.17, 15) is 13.2 Å². The molecule has 1 aliphatic heterocycles. The van der Waals surface area contributed by atoms with Crippen molar-refractivity contribution in [3.63, 3.8) is 0 Å². The predicted molar refractivity (Wildman–Crippen MR) is 136 cm³/mol. The van der Waals surface area contributed by atoms with Gasteiger partial charge in [0.05, 0.1) is 19.5 Å². The van der Waals surface area contributed by atoms with Crippen LogP contribution in [0, 0.1) is 0 Å². The highest BCUT2D eigenvalue weighted by atomic mass is 32.2. The second-order valence-electron chi connectivity index (χ2n) is 8.44. The van der Waals surface area contributed by atoms with Crippen molar-refractivity contribution in [2.75, 3.05) is 37.2 Å². The second kappa shape index (κ2) is 10.8. The van der Waals surface area contributed by atoms with Crippen molar-refractivity contribution in [2.24, 2.45) is 0 Å². The second-order valence-corrected chi connectivity index (χ2v) is 10.7. The van der Waals surface area contributed by atoms with Gasteiger partial charge in [0, 0.05) is 31.0 Å². The van der Waals surface area contributed by atoms with Crippen molar-refractivity contribution in [2.45, 2.75) is 18.9 Å². The zero-order valence-corrected chi connectivity index (χ0v) is 20.7. The van der Waals surface area contributed by atoms with Gasteiger partial charge in [0.1, 0.15) is 15.6 Å². The van der Waals surface area contributed by atoms with Gasteiger partial charge in [0.15, 0.2) is 17.6 Å². The molecule has 1 heterocycles. The molecule has 8 heteroatoms. The van der Waals surface area contributed by atoms with E-state index in [1.54, 1.807) is 23.1 Å². The molecule has 0 radical (unpaired) electrons. The Hall–Kier alpha value is -3.52. The molecule has 7 nitrogen and oxygen atoms in total. The van der Waals surface area contributed by atoms with Crippen LogP contribution in [-0.4, -0.2) is 52.7 Å². The van der Waals surface area contributed by atoms with Crippen molar-refractivity contribution < 1.29 is 27.4 Å². The summed E-state index contributed by atoms with van der Waals surface area (Å²) in [7, 11) is -1.50. The maximum absolute atomic E-state index is 13.1. The fourth-order valence-corrected chi connectivity index (χ4v) is 4.63. The highest BCUT2D eigenvalue weighted by Gasteiger charge is 2.34. The fraction of sp³-hybridized carbons (Fsp3) is 0.296. The number of anilines is 1. The highest BCUT2D eigenvalue weighted by molar-refractivity contribution is 7.90. The number of sulfone groups is 1. The summed E-state index contributed by atoms with van der Waals surface area (Å²) in [5.74, 6) is 1.59. The Kier molecular flexibility index (Phi) is 7.60. The van der Waals surface area contributed by atoms with E-state index >= 15 is 0 Å². The van der Waals surface area contributed by atoms with Gasteiger partial charge in [-0.2, -0.15) is 0 Å². The Bertz CT molecular complexity index is 1260. The number of amides is 1. The smallest absolute Gasteiger partial charge is 0.268 e. The van der Waals surface area contributed by atoms with Crippen molar-refractivity contribution in [1.29, 1.82) is 0 Å². The van der Waals surface area contributed by atoms with Gasteiger partial charge < -0.3 is 19.1 Å². The van der Waals surface area contributed by atoms with Crippen LogP contribution in [0.5, 0.6) is 17.2 Å². The Morgan fingerprint density at radius 1 is 0.943 bits per heavy atom. The molecule has 1 atom stereocenters. The minimum Gasteiger partial charge on any atom is -0.493 e. The first kappa shape index (κ1) is 24.6. The molecule has 0 bridgehead atoms. The SMILES string of the molecule is COc1cc(N2CCC(Oc3ccc(-c4ccccc4)cc3)C2=O)ccc1OCCCS(C)(=O)=O. The van der Waals surface area contributed by atoms with Crippen LogP contribution in [0.3, 0.4) is 0 Å². The average Bonchev–Trinajstić information content (AvgIpc) is 3.22. The maximum atomic E-state index is 13.1. The first-order chi connectivity index (χ1) is 16.8. The molecule has 1 saturated heterocycles. The topological polar surface area (TPSA) is 82.1 Å². The molecule has 1 fully saturated rings. The molecule has 1 unspecified atom stereocenters. The number of rotatable bonds is 10. The van der Waals surface area contributed by atoms with Crippen LogP contribution >= 0.6 is 0 Å². The molecule has 3 aromatic rings. The molecule has 3 aromatic carbocycles. The minimum atomic E-state index is -3.03. The van der Waals surface area contributed by atoms with Gasteiger partial charge in [0.25, 0.3) is 5.91 Å². The number of carbonyl (C=O) groups excluding carboxylic acids is 1. The van der Waals surface area contributed by atoms with E-state index in [0.29, 0.717) is 42.3 Å². The fourth-order valence-electron chi connectivity index (χ4n) is 3.99. The number of ether oxygens (including phenoxy) is 3. The Balaban J connectivity index is 1.38. The number of hydrogen-bond donors (Lipinski definition) is 0. The number of carbonyl (C=O) groups is 1. The third-order valence-corrected chi connectivity index (χ3v) is 6.80. The van der Waals surface area contributed by atoms with Gasteiger partial charge >= 0.3 is 0 Å². The summed E-state index contributed by atoms with van der Waals surface area (Å²) in [4.78, 5) is 14.7. The van der Waals surface area contributed by atoms with Crippen LogP contribution < -0.4 is 19.1 Å². The summed E-state index contributed by atoms with van der Waals surface area (Å²) in [5, 5.41) is 0. The summed E-state index contributed by atoms with van der Waals surface area (Å²) >= 11 is 0. The van der Waals surface area contributed by atoms with Gasteiger partial charge in [0.2, 0.25) is 0 Å². The number of nitrogens with zero attached hydrogens (tertiary/aromatic N) is 1. The van der Waals surface area contributed by atoms with E-state index in [2.05, 4.69) is 12.1 Å². The molecule has 0 saturated carbocycles. The van der Waals surface area contributed by atoms with Crippen LogP contribution in [0.1, 0.15) is 12.8 Å². The molecule has 0 aromatic heterocycles. The summed E-state index contributed by atoms with van der Waals surface area (Å²) in [6, 6.07) is 23.1. The van der Waals surface area contributed by atoms with Gasteiger partial charge in [-0.1, -0.05) is 42.5 Å². The normalized spacial score (nSPS) is 15.8. The van der Waals surface area contributed by atoms with Crippen molar-refractivity contribution in [1.82, 2.24) is 0 Å². The number of methoxy groups -OCH3 is 1. The van der Waals surface area contributed by atoms with Crippen LogP contribution in [-0.2, 0) is 14.6 Å². The molecule has 1 amide bonds. The number of benzene rings is 3.